The molecule has 0 saturated heterocycles. The highest BCUT2D eigenvalue weighted by atomic mass is 35.5. The van der Waals surface area contributed by atoms with E-state index in [0.29, 0.717) is 26.9 Å². The Morgan fingerprint density at radius 2 is 1.81 bits per heavy atom. The minimum atomic E-state index is 0.484. The molecule has 0 fully saturated rings. The minimum Gasteiger partial charge on any atom is -0.356 e. The minimum absolute atomic E-state index is 0.484. The molecule has 0 aromatic heterocycles. The number of benzene rings is 2. The molecule has 2 aromatic rings. The third-order valence-corrected chi connectivity index (χ3v) is 4.90. The van der Waals surface area contributed by atoms with Gasteiger partial charge in [0.1, 0.15) is 6.07 Å². The van der Waals surface area contributed by atoms with Crippen LogP contribution in [0.2, 0.25) is 10.0 Å². The lowest BCUT2D eigenvalue weighted by Crippen LogP contribution is -2.11. The average Bonchev–Trinajstić information content (AvgIpc) is 2.50. The van der Waals surface area contributed by atoms with Gasteiger partial charge in [-0.1, -0.05) is 41.4 Å². The summed E-state index contributed by atoms with van der Waals surface area (Å²) in [5, 5.41) is 13.8. The summed E-state index contributed by atoms with van der Waals surface area (Å²) in [7, 11) is 0. The van der Waals surface area contributed by atoms with Crippen LogP contribution in [0.1, 0.15) is 5.56 Å². The lowest BCUT2D eigenvalue weighted by molar-refractivity contribution is 1.29. The summed E-state index contributed by atoms with van der Waals surface area (Å²) in [6, 6.07) is 15.5. The molecule has 104 valence electrons. The smallest absolute Gasteiger partial charge is 0.102 e. The van der Waals surface area contributed by atoms with Crippen molar-refractivity contribution in [2.45, 2.75) is 4.90 Å². The molecule has 0 aliphatic carbocycles. The fourth-order valence-electron chi connectivity index (χ4n) is 2.19. The van der Waals surface area contributed by atoms with Gasteiger partial charge in [0.05, 0.1) is 21.3 Å². The van der Waals surface area contributed by atoms with Crippen LogP contribution in [0.3, 0.4) is 0 Å². The normalized spacial score (nSPS) is 15.7. The van der Waals surface area contributed by atoms with Gasteiger partial charge >= 0.3 is 0 Å². The summed E-state index contributed by atoms with van der Waals surface area (Å²) in [4.78, 5) is 1.17. The number of rotatable bonds is 1. The number of nitrogens with one attached hydrogen (secondary N) is 1. The number of nitriles is 1. The van der Waals surface area contributed by atoms with Crippen LogP contribution in [-0.2, 0) is 0 Å². The van der Waals surface area contributed by atoms with Gasteiger partial charge in [-0.05, 0) is 24.3 Å². The molecule has 0 unspecified atom stereocenters. The fourth-order valence-corrected chi connectivity index (χ4v) is 3.74. The number of fused-ring (bicyclic) bond motifs is 1. The quantitative estimate of drug-likeness (QED) is 0.705. The molecule has 0 amide bonds. The molecule has 2 aromatic carbocycles. The Balaban J connectivity index is 2.11. The highest BCUT2D eigenvalue weighted by Gasteiger charge is 2.20. The maximum atomic E-state index is 9.55. The molecule has 1 aliphatic heterocycles. The molecule has 1 aliphatic rings. The van der Waals surface area contributed by atoms with E-state index in [9.17, 15) is 5.26 Å². The SMILES string of the molecule is N#CC(=C1CSc2ccccc2N1)c1c(Cl)cccc1Cl. The Morgan fingerprint density at radius 1 is 1.10 bits per heavy atom. The summed E-state index contributed by atoms with van der Waals surface area (Å²) >= 11 is 14.1. The van der Waals surface area contributed by atoms with Gasteiger partial charge in [-0.3, -0.25) is 0 Å². The van der Waals surface area contributed by atoms with Gasteiger partial charge in [-0.15, -0.1) is 11.8 Å². The Labute approximate surface area is 137 Å². The van der Waals surface area contributed by atoms with E-state index in [2.05, 4.69) is 17.5 Å². The van der Waals surface area contributed by atoms with Crippen molar-refractivity contribution >= 4 is 46.2 Å². The predicted octanol–water partition coefficient (Wildman–Crippen LogP) is 5.45. The molecule has 21 heavy (non-hydrogen) atoms. The maximum Gasteiger partial charge on any atom is 0.102 e. The molecular weight excluding hydrogens is 323 g/mol. The van der Waals surface area contributed by atoms with Gasteiger partial charge in [0, 0.05) is 21.9 Å². The zero-order chi connectivity index (χ0) is 14.8. The van der Waals surface area contributed by atoms with Crippen LogP contribution in [0.5, 0.6) is 0 Å². The molecule has 1 N–H and O–H groups in total. The first-order valence-corrected chi connectivity index (χ1v) is 8.01. The van der Waals surface area contributed by atoms with Gasteiger partial charge < -0.3 is 5.32 Å². The predicted molar refractivity (Wildman–Crippen MR) is 89.8 cm³/mol. The van der Waals surface area contributed by atoms with Crippen LogP contribution in [0, 0.1) is 11.3 Å². The van der Waals surface area contributed by atoms with Crippen molar-refractivity contribution in [3.8, 4) is 6.07 Å². The van der Waals surface area contributed by atoms with E-state index >= 15 is 0 Å². The van der Waals surface area contributed by atoms with E-state index in [1.807, 2.05) is 18.2 Å². The molecule has 1 heterocycles. The molecule has 0 saturated carbocycles. The topological polar surface area (TPSA) is 35.8 Å². The van der Waals surface area contributed by atoms with Crippen LogP contribution >= 0.6 is 35.0 Å². The molecule has 5 heteroatoms. The number of hydrogen-bond donors (Lipinski definition) is 1. The van der Waals surface area contributed by atoms with Gasteiger partial charge in [0.2, 0.25) is 0 Å². The lowest BCUT2D eigenvalue weighted by Gasteiger charge is -2.22. The number of allylic oxidation sites excluding steroid dienone is 1. The molecular formula is C16H10Cl2N2S. The number of thioether (sulfide) groups is 1. The number of anilines is 1. The second-order valence-corrected chi connectivity index (χ2v) is 6.30. The van der Waals surface area contributed by atoms with Crippen LogP contribution < -0.4 is 5.32 Å². The fraction of sp³-hybridized carbons (Fsp3) is 0.0625. The molecule has 2 nitrogen and oxygen atoms in total. The van der Waals surface area contributed by atoms with E-state index in [1.54, 1.807) is 30.0 Å². The summed E-state index contributed by atoms with van der Waals surface area (Å²) in [6.45, 7) is 0. The maximum absolute atomic E-state index is 9.55. The Hall–Kier alpha value is -1.60. The number of halogens is 2. The molecule has 0 bridgehead atoms. The van der Waals surface area contributed by atoms with Gasteiger partial charge in [-0.25, -0.2) is 0 Å². The first-order chi connectivity index (χ1) is 10.2. The van der Waals surface area contributed by atoms with Crippen molar-refractivity contribution in [1.82, 2.24) is 0 Å². The van der Waals surface area contributed by atoms with E-state index in [-0.39, 0.29) is 0 Å². The lowest BCUT2D eigenvalue weighted by atomic mass is 10.0. The first kappa shape index (κ1) is 14.3. The van der Waals surface area contributed by atoms with Crippen LogP contribution in [0.4, 0.5) is 5.69 Å². The van der Waals surface area contributed by atoms with Crippen molar-refractivity contribution in [2.75, 3.05) is 11.1 Å². The van der Waals surface area contributed by atoms with Crippen molar-refractivity contribution in [3.05, 3.63) is 63.8 Å². The molecule has 0 atom stereocenters. The molecule has 3 rings (SSSR count). The van der Waals surface area contributed by atoms with Gasteiger partial charge in [0.25, 0.3) is 0 Å². The van der Waals surface area contributed by atoms with Crippen LogP contribution in [0.15, 0.2) is 53.1 Å². The summed E-state index contributed by atoms with van der Waals surface area (Å²) in [5.41, 5.74) is 2.91. The zero-order valence-electron chi connectivity index (χ0n) is 10.9. The molecule has 0 radical (unpaired) electrons. The highest BCUT2D eigenvalue weighted by Crippen LogP contribution is 2.39. The van der Waals surface area contributed by atoms with E-state index < -0.39 is 0 Å². The second-order valence-electron chi connectivity index (χ2n) is 4.47. The first-order valence-electron chi connectivity index (χ1n) is 6.27. The van der Waals surface area contributed by atoms with Gasteiger partial charge in [-0.2, -0.15) is 5.26 Å². The van der Waals surface area contributed by atoms with E-state index in [1.165, 1.54) is 4.90 Å². The van der Waals surface area contributed by atoms with Crippen molar-refractivity contribution < 1.29 is 0 Å². The van der Waals surface area contributed by atoms with Crippen LogP contribution in [0.25, 0.3) is 5.57 Å². The zero-order valence-corrected chi connectivity index (χ0v) is 13.2. The Bertz CT molecular complexity index is 758. The third-order valence-electron chi connectivity index (χ3n) is 3.17. The van der Waals surface area contributed by atoms with E-state index in [4.69, 9.17) is 23.2 Å². The summed E-state index contributed by atoms with van der Waals surface area (Å²) in [6.07, 6.45) is 0. The Kier molecular flexibility index (Phi) is 4.12. The Morgan fingerprint density at radius 3 is 2.52 bits per heavy atom. The van der Waals surface area contributed by atoms with Crippen molar-refractivity contribution in [1.29, 1.82) is 5.26 Å². The monoisotopic (exact) mass is 332 g/mol. The largest absolute Gasteiger partial charge is 0.356 e. The standard InChI is InChI=1S/C16H10Cl2N2S/c17-11-4-3-5-12(18)16(11)10(8-19)14-9-21-15-7-2-1-6-13(15)20-14/h1-7,20H,9H2. The number of hydrogen-bond acceptors (Lipinski definition) is 3. The van der Waals surface area contributed by atoms with Crippen molar-refractivity contribution in [2.24, 2.45) is 0 Å². The van der Waals surface area contributed by atoms with Crippen molar-refractivity contribution in [3.63, 3.8) is 0 Å². The van der Waals surface area contributed by atoms with E-state index in [0.717, 1.165) is 11.4 Å². The summed E-state index contributed by atoms with van der Waals surface area (Å²) in [5.74, 6) is 0.682. The summed E-state index contributed by atoms with van der Waals surface area (Å²) < 4.78 is 0. The average molecular weight is 333 g/mol. The third kappa shape index (κ3) is 2.75. The second kappa shape index (κ2) is 6.03. The number of para-hydroxylation sites is 1. The number of nitrogens with zero attached hydrogens (tertiary/aromatic N) is 1. The van der Waals surface area contributed by atoms with Crippen LogP contribution in [-0.4, -0.2) is 5.75 Å². The van der Waals surface area contributed by atoms with Gasteiger partial charge in [0.15, 0.2) is 0 Å². The highest BCUT2D eigenvalue weighted by molar-refractivity contribution is 7.99. The molecule has 0 spiro atoms.